The summed E-state index contributed by atoms with van der Waals surface area (Å²) in [5.74, 6) is -1.16. The van der Waals surface area contributed by atoms with E-state index in [2.05, 4.69) is 33.9 Å². The lowest BCUT2D eigenvalue weighted by Crippen LogP contribution is -2.64. The van der Waals surface area contributed by atoms with Crippen LogP contribution in [-0.2, 0) is 18.6 Å². The summed E-state index contributed by atoms with van der Waals surface area (Å²) in [5, 5.41) is 10.4. The molecule has 7 nitrogen and oxygen atoms in total. The van der Waals surface area contributed by atoms with Gasteiger partial charge in [-0.1, -0.05) is 86.6 Å². The largest absolute Gasteiger partial charge is 0.452 e. The molecule has 224 valence electrons. The summed E-state index contributed by atoms with van der Waals surface area (Å²) in [7, 11) is -2.49. The lowest BCUT2D eigenvalue weighted by molar-refractivity contribution is -0.202. The van der Waals surface area contributed by atoms with E-state index in [0.29, 0.717) is 11.1 Å². The van der Waals surface area contributed by atoms with Crippen LogP contribution in [0.4, 0.5) is 0 Å². The highest BCUT2D eigenvalue weighted by atomic mass is 32.2. The van der Waals surface area contributed by atoms with Crippen LogP contribution in [0.2, 0.25) is 18.1 Å². The first-order valence-corrected chi connectivity index (χ1v) is 17.9. The van der Waals surface area contributed by atoms with E-state index >= 15 is 0 Å². The molecular weight excluding hydrogens is 569 g/mol. The highest BCUT2D eigenvalue weighted by Gasteiger charge is 2.54. The van der Waals surface area contributed by atoms with Crippen molar-refractivity contribution in [2.24, 2.45) is 0 Å². The minimum atomic E-state index is -2.49. The smallest absolute Gasteiger partial charge is 0.338 e. The Morgan fingerprint density at radius 2 is 1.31 bits per heavy atom. The molecule has 0 aliphatic carbocycles. The van der Waals surface area contributed by atoms with E-state index < -0.39 is 50.1 Å². The lowest BCUT2D eigenvalue weighted by Gasteiger charge is -2.49. The van der Waals surface area contributed by atoms with Crippen LogP contribution >= 0.6 is 11.8 Å². The Kier molecular flexibility index (Phi) is 10.3. The monoisotopic (exact) mass is 608 g/mol. The molecule has 1 N–H and O–H groups in total. The molecule has 3 aromatic rings. The van der Waals surface area contributed by atoms with Gasteiger partial charge in [0, 0.05) is 4.90 Å². The van der Waals surface area contributed by atoms with Crippen LogP contribution in [0.5, 0.6) is 0 Å². The summed E-state index contributed by atoms with van der Waals surface area (Å²) < 4.78 is 25.6. The van der Waals surface area contributed by atoms with Crippen molar-refractivity contribution in [3.8, 4) is 0 Å². The summed E-state index contributed by atoms with van der Waals surface area (Å²) in [6, 6.07) is 25.2. The van der Waals surface area contributed by atoms with E-state index in [0.717, 1.165) is 10.5 Å². The minimum absolute atomic E-state index is 0.190. The molecule has 9 heteroatoms. The molecule has 0 bridgehead atoms. The molecule has 1 saturated heterocycles. The zero-order chi connectivity index (χ0) is 30.5. The van der Waals surface area contributed by atoms with Crippen molar-refractivity contribution in [2.75, 3.05) is 6.61 Å². The summed E-state index contributed by atoms with van der Waals surface area (Å²) in [6.07, 6.45) is -3.82. The summed E-state index contributed by atoms with van der Waals surface area (Å²) in [4.78, 5) is 27.8. The molecule has 0 aromatic heterocycles. The number of thioether (sulfide) groups is 1. The molecule has 42 heavy (non-hydrogen) atoms. The first kappa shape index (κ1) is 32.0. The Bertz CT molecular complexity index is 1330. The zero-order valence-electron chi connectivity index (χ0n) is 25.0. The van der Waals surface area contributed by atoms with Gasteiger partial charge in [0.1, 0.15) is 17.6 Å². The Labute approximate surface area is 253 Å². The Morgan fingerprint density at radius 1 is 0.810 bits per heavy atom. The van der Waals surface area contributed by atoms with Crippen LogP contribution in [-0.4, -0.2) is 61.8 Å². The van der Waals surface area contributed by atoms with Gasteiger partial charge in [-0.05, 0) is 61.5 Å². The second kappa shape index (κ2) is 13.6. The van der Waals surface area contributed by atoms with Crippen LogP contribution in [0.1, 0.15) is 47.1 Å². The van der Waals surface area contributed by atoms with Gasteiger partial charge in [0.05, 0.1) is 17.7 Å². The first-order chi connectivity index (χ1) is 19.9. The highest BCUT2D eigenvalue weighted by Crippen LogP contribution is 2.43. The molecule has 1 fully saturated rings. The predicted octanol–water partition coefficient (Wildman–Crippen LogP) is 6.65. The maximum atomic E-state index is 13.5. The number of rotatable bonds is 9. The number of ether oxygens (including phenoxy) is 3. The van der Waals surface area contributed by atoms with E-state index in [1.54, 1.807) is 48.5 Å². The Balaban J connectivity index is 1.78. The van der Waals surface area contributed by atoms with Gasteiger partial charge >= 0.3 is 11.9 Å². The Morgan fingerprint density at radius 3 is 1.79 bits per heavy atom. The van der Waals surface area contributed by atoms with Crippen molar-refractivity contribution < 1.29 is 33.3 Å². The molecule has 1 heterocycles. The fourth-order valence-corrected chi connectivity index (χ4v) is 6.75. The van der Waals surface area contributed by atoms with Gasteiger partial charge in [0.15, 0.2) is 20.5 Å². The third-order valence-corrected chi connectivity index (χ3v) is 13.4. The number of benzene rings is 3. The molecule has 0 radical (unpaired) electrons. The average Bonchev–Trinajstić information content (AvgIpc) is 2.97. The zero-order valence-corrected chi connectivity index (χ0v) is 26.8. The number of aliphatic hydroxyl groups excluding tert-OH is 1. The molecule has 1 aliphatic rings. The van der Waals surface area contributed by atoms with Crippen molar-refractivity contribution in [3.05, 3.63) is 102 Å². The van der Waals surface area contributed by atoms with Gasteiger partial charge < -0.3 is 23.7 Å². The number of carbonyl (C=O) groups excluding carboxylic acids is 2. The summed E-state index contributed by atoms with van der Waals surface area (Å²) in [6.45, 7) is 12.1. The van der Waals surface area contributed by atoms with E-state index in [1.807, 2.05) is 43.3 Å². The van der Waals surface area contributed by atoms with Crippen LogP contribution in [0.25, 0.3) is 0 Å². The number of aryl methyl sites for hydroxylation is 1. The number of carbonyl (C=O) groups is 2. The quantitative estimate of drug-likeness (QED) is 0.213. The minimum Gasteiger partial charge on any atom is -0.452 e. The molecule has 0 spiro atoms. The fourth-order valence-electron chi connectivity index (χ4n) is 4.32. The number of aliphatic hydroxyl groups is 1. The molecule has 0 amide bonds. The summed E-state index contributed by atoms with van der Waals surface area (Å²) >= 11 is 1.34. The third-order valence-electron chi connectivity index (χ3n) is 7.79. The molecule has 4 rings (SSSR count). The standard InChI is InChI=1S/C33H40O7SSi/c1-22-17-19-25(20-18-22)41-32-29(39-31(36)24-15-11-8-12-16-24)28(38-30(35)23-13-9-7-10-14-23)27(26(21-34)37-32)40-42(5,6)33(2,3)4/h7-20,26-29,32,34H,21H2,1-6H3/t26-,27-,28+,29-,32+/m1/s1. The topological polar surface area (TPSA) is 91.3 Å². The molecule has 0 saturated carbocycles. The molecule has 1 aliphatic heterocycles. The second-order valence-electron chi connectivity index (χ2n) is 12.0. The molecule has 0 unspecified atom stereocenters. The third kappa shape index (κ3) is 7.70. The van der Waals surface area contributed by atoms with E-state index in [9.17, 15) is 14.7 Å². The van der Waals surface area contributed by atoms with Crippen molar-refractivity contribution >= 4 is 32.0 Å². The Hall–Kier alpha value is -2.95. The van der Waals surface area contributed by atoms with Crippen LogP contribution in [0.3, 0.4) is 0 Å². The highest BCUT2D eigenvalue weighted by molar-refractivity contribution is 7.99. The van der Waals surface area contributed by atoms with Crippen LogP contribution < -0.4 is 0 Å². The molecule has 5 atom stereocenters. The van der Waals surface area contributed by atoms with Gasteiger partial charge in [-0.25, -0.2) is 9.59 Å². The van der Waals surface area contributed by atoms with Gasteiger partial charge in [-0.15, -0.1) is 0 Å². The van der Waals surface area contributed by atoms with Gasteiger partial charge in [-0.3, -0.25) is 0 Å². The van der Waals surface area contributed by atoms with Crippen LogP contribution in [0, 0.1) is 6.92 Å². The van der Waals surface area contributed by atoms with Gasteiger partial charge in [0.2, 0.25) is 0 Å². The maximum absolute atomic E-state index is 13.5. The van der Waals surface area contributed by atoms with Crippen molar-refractivity contribution in [1.82, 2.24) is 0 Å². The fraction of sp³-hybridized carbons (Fsp3) is 0.394. The van der Waals surface area contributed by atoms with E-state index in [-0.39, 0.29) is 11.6 Å². The average molecular weight is 609 g/mol. The van der Waals surface area contributed by atoms with Crippen molar-refractivity contribution in [2.45, 2.75) is 80.6 Å². The van der Waals surface area contributed by atoms with Crippen molar-refractivity contribution in [1.29, 1.82) is 0 Å². The van der Waals surface area contributed by atoms with Gasteiger partial charge in [0.25, 0.3) is 0 Å². The van der Waals surface area contributed by atoms with Crippen LogP contribution in [0.15, 0.2) is 89.8 Å². The predicted molar refractivity (Wildman–Crippen MR) is 166 cm³/mol. The van der Waals surface area contributed by atoms with Gasteiger partial charge in [-0.2, -0.15) is 0 Å². The van der Waals surface area contributed by atoms with E-state index in [4.69, 9.17) is 18.6 Å². The normalized spacial score (nSPS) is 22.8. The lowest BCUT2D eigenvalue weighted by atomic mass is 9.99. The second-order valence-corrected chi connectivity index (χ2v) is 17.9. The summed E-state index contributed by atoms with van der Waals surface area (Å²) in [5.41, 5.74) is 1.01. The number of hydrogen-bond donors (Lipinski definition) is 1. The van der Waals surface area contributed by atoms with E-state index in [1.165, 1.54) is 11.8 Å². The molecule has 3 aromatic carbocycles. The maximum Gasteiger partial charge on any atom is 0.338 e. The van der Waals surface area contributed by atoms with Crippen molar-refractivity contribution in [3.63, 3.8) is 0 Å². The number of esters is 2. The first-order valence-electron chi connectivity index (χ1n) is 14.1. The SMILES string of the molecule is Cc1ccc(S[C@@H]2O[C@H](CO)[C@@H](O[Si](C)(C)C(C)(C)C)[C@H](OC(=O)c3ccccc3)[C@H]2OC(=O)c2ccccc2)cc1. The number of hydrogen-bond acceptors (Lipinski definition) is 8. The molecular formula is C33H40O7SSi.